The van der Waals surface area contributed by atoms with Crippen molar-refractivity contribution in [3.63, 3.8) is 0 Å². The van der Waals surface area contributed by atoms with Gasteiger partial charge >= 0.3 is 0 Å². The van der Waals surface area contributed by atoms with Crippen molar-refractivity contribution in [2.75, 3.05) is 13.7 Å². The van der Waals surface area contributed by atoms with Crippen LogP contribution in [0.1, 0.15) is 32.1 Å². The van der Waals surface area contributed by atoms with Crippen molar-refractivity contribution >= 4 is 0 Å². The van der Waals surface area contributed by atoms with Gasteiger partial charge in [-0.15, -0.1) is 0 Å². The van der Waals surface area contributed by atoms with Gasteiger partial charge < -0.3 is 15.8 Å². The maximum Gasteiger partial charge on any atom is 0.0601 e. The first-order valence-corrected chi connectivity index (χ1v) is 6.79. The molecule has 4 unspecified atom stereocenters. The molecule has 4 atom stereocenters. The van der Waals surface area contributed by atoms with Crippen LogP contribution in [0.15, 0.2) is 0 Å². The van der Waals surface area contributed by atoms with E-state index in [0.717, 1.165) is 24.3 Å². The second-order valence-electron chi connectivity index (χ2n) is 6.01. The molecule has 3 heteroatoms. The lowest BCUT2D eigenvalue weighted by molar-refractivity contribution is 0.0155. The van der Waals surface area contributed by atoms with Gasteiger partial charge in [0.25, 0.3) is 0 Å². The minimum atomic E-state index is 0.476. The molecule has 3 aliphatic rings. The number of nitrogens with two attached hydrogens (primary N) is 1. The number of rotatable bonds is 4. The van der Waals surface area contributed by atoms with Crippen LogP contribution in [0.5, 0.6) is 0 Å². The molecular formula is C13H24N2O. The Balaban J connectivity index is 1.43. The molecule has 0 saturated heterocycles. The van der Waals surface area contributed by atoms with Gasteiger partial charge in [0.15, 0.2) is 0 Å². The van der Waals surface area contributed by atoms with E-state index in [1.807, 2.05) is 7.11 Å². The highest BCUT2D eigenvalue weighted by molar-refractivity contribution is 5.00. The van der Waals surface area contributed by atoms with Crippen molar-refractivity contribution in [3.05, 3.63) is 0 Å². The summed E-state index contributed by atoms with van der Waals surface area (Å²) < 4.78 is 5.29. The predicted molar refractivity (Wildman–Crippen MR) is 64.1 cm³/mol. The zero-order valence-corrected chi connectivity index (χ0v) is 10.2. The maximum atomic E-state index is 6.30. The Morgan fingerprint density at radius 3 is 2.56 bits per heavy atom. The standard InChI is InChI=1S/C13H24N2O/c1-16-11-5-10(6-11)15-7-12-8-2-3-9(4-8)13(12)14/h8-13,15H,2-7,14H2,1H3. The molecule has 0 aliphatic heterocycles. The third kappa shape index (κ3) is 1.79. The lowest BCUT2D eigenvalue weighted by Gasteiger charge is -2.37. The topological polar surface area (TPSA) is 47.3 Å². The second-order valence-corrected chi connectivity index (χ2v) is 6.01. The summed E-state index contributed by atoms with van der Waals surface area (Å²) in [6.07, 6.45) is 7.09. The lowest BCUT2D eigenvalue weighted by atomic mass is 9.83. The van der Waals surface area contributed by atoms with E-state index in [0.29, 0.717) is 18.2 Å². The normalized spacial score (nSPS) is 50.6. The first kappa shape index (κ1) is 11.0. The second kappa shape index (κ2) is 4.28. The third-order valence-corrected chi connectivity index (χ3v) is 5.23. The van der Waals surface area contributed by atoms with Crippen LogP contribution in [0.4, 0.5) is 0 Å². The Hall–Kier alpha value is -0.120. The first-order valence-electron chi connectivity index (χ1n) is 6.79. The van der Waals surface area contributed by atoms with Crippen molar-refractivity contribution < 1.29 is 4.74 Å². The molecule has 3 rings (SSSR count). The Morgan fingerprint density at radius 1 is 1.19 bits per heavy atom. The van der Waals surface area contributed by atoms with E-state index in [1.54, 1.807) is 0 Å². The van der Waals surface area contributed by atoms with Crippen molar-refractivity contribution in [1.29, 1.82) is 0 Å². The maximum absolute atomic E-state index is 6.30. The van der Waals surface area contributed by atoms with Crippen LogP contribution in [-0.2, 0) is 4.74 Å². The smallest absolute Gasteiger partial charge is 0.0601 e. The average Bonchev–Trinajstić information content (AvgIpc) is 2.78. The quantitative estimate of drug-likeness (QED) is 0.752. The third-order valence-electron chi connectivity index (χ3n) is 5.23. The van der Waals surface area contributed by atoms with E-state index in [4.69, 9.17) is 10.5 Å². The van der Waals surface area contributed by atoms with Crippen molar-refractivity contribution in [2.24, 2.45) is 23.5 Å². The van der Waals surface area contributed by atoms with E-state index < -0.39 is 0 Å². The summed E-state index contributed by atoms with van der Waals surface area (Å²) in [5.74, 6) is 2.51. The summed E-state index contributed by atoms with van der Waals surface area (Å²) in [6, 6.07) is 1.17. The van der Waals surface area contributed by atoms with E-state index in [9.17, 15) is 0 Å². The van der Waals surface area contributed by atoms with Gasteiger partial charge in [0, 0.05) is 19.2 Å². The fourth-order valence-corrected chi connectivity index (χ4v) is 3.99. The zero-order chi connectivity index (χ0) is 11.1. The fraction of sp³-hybridized carbons (Fsp3) is 1.00. The minimum absolute atomic E-state index is 0.476. The molecule has 0 spiro atoms. The van der Waals surface area contributed by atoms with Crippen LogP contribution < -0.4 is 11.1 Å². The number of hydrogen-bond donors (Lipinski definition) is 2. The van der Waals surface area contributed by atoms with Gasteiger partial charge in [0.2, 0.25) is 0 Å². The van der Waals surface area contributed by atoms with Gasteiger partial charge in [-0.1, -0.05) is 0 Å². The van der Waals surface area contributed by atoms with Gasteiger partial charge in [-0.2, -0.15) is 0 Å². The molecule has 2 bridgehead atoms. The Morgan fingerprint density at radius 2 is 1.94 bits per heavy atom. The van der Waals surface area contributed by atoms with Crippen LogP contribution in [0.2, 0.25) is 0 Å². The largest absolute Gasteiger partial charge is 0.381 e. The van der Waals surface area contributed by atoms with Crippen LogP contribution >= 0.6 is 0 Å². The van der Waals surface area contributed by atoms with Crippen molar-refractivity contribution in [3.8, 4) is 0 Å². The predicted octanol–water partition coefficient (Wildman–Crippen LogP) is 1.13. The number of methoxy groups -OCH3 is 1. The van der Waals surface area contributed by atoms with Gasteiger partial charge in [0.05, 0.1) is 6.10 Å². The van der Waals surface area contributed by atoms with Gasteiger partial charge in [0.1, 0.15) is 0 Å². The summed E-state index contributed by atoms with van der Waals surface area (Å²) in [6.45, 7) is 1.14. The van der Waals surface area contributed by atoms with E-state index in [1.165, 1.54) is 32.1 Å². The molecule has 0 aromatic carbocycles. The fourth-order valence-electron chi connectivity index (χ4n) is 3.99. The molecule has 0 radical (unpaired) electrons. The monoisotopic (exact) mass is 224 g/mol. The summed E-state index contributed by atoms with van der Waals surface area (Å²) in [5, 5.41) is 3.68. The highest BCUT2D eigenvalue weighted by Gasteiger charge is 2.45. The molecule has 0 aromatic rings. The number of ether oxygens (including phenoxy) is 1. The van der Waals surface area contributed by atoms with E-state index in [-0.39, 0.29) is 0 Å². The molecule has 16 heavy (non-hydrogen) atoms. The summed E-state index contributed by atoms with van der Waals surface area (Å²) >= 11 is 0. The molecule has 0 heterocycles. The van der Waals surface area contributed by atoms with E-state index >= 15 is 0 Å². The molecule has 92 valence electrons. The van der Waals surface area contributed by atoms with Crippen LogP contribution in [0.25, 0.3) is 0 Å². The molecule has 3 fully saturated rings. The van der Waals surface area contributed by atoms with Crippen molar-refractivity contribution in [1.82, 2.24) is 5.32 Å². The van der Waals surface area contributed by atoms with Crippen LogP contribution in [0.3, 0.4) is 0 Å². The SMILES string of the molecule is COC1CC(NCC2C3CCC(C3)C2N)C1. The number of nitrogens with one attached hydrogen (secondary N) is 1. The highest BCUT2D eigenvalue weighted by atomic mass is 16.5. The zero-order valence-electron chi connectivity index (χ0n) is 10.2. The lowest BCUT2D eigenvalue weighted by Crippen LogP contribution is -2.49. The average molecular weight is 224 g/mol. The van der Waals surface area contributed by atoms with Gasteiger partial charge in [-0.3, -0.25) is 0 Å². The van der Waals surface area contributed by atoms with E-state index in [2.05, 4.69) is 5.32 Å². The molecule has 3 nitrogen and oxygen atoms in total. The molecule has 3 N–H and O–H groups in total. The Labute approximate surface area is 98.1 Å². The minimum Gasteiger partial charge on any atom is -0.381 e. The molecule has 3 saturated carbocycles. The highest BCUT2D eigenvalue weighted by Crippen LogP contribution is 2.47. The molecule has 0 amide bonds. The summed E-state index contributed by atoms with van der Waals surface area (Å²) in [4.78, 5) is 0. The Bertz CT molecular complexity index is 250. The van der Waals surface area contributed by atoms with Crippen LogP contribution in [0, 0.1) is 17.8 Å². The molecular weight excluding hydrogens is 200 g/mol. The number of fused-ring (bicyclic) bond motifs is 2. The molecule has 3 aliphatic carbocycles. The summed E-state index contributed by atoms with van der Waals surface area (Å²) in [7, 11) is 1.81. The first-order chi connectivity index (χ1) is 7.78. The Kier molecular flexibility index (Phi) is 2.94. The molecule has 0 aromatic heterocycles. The van der Waals surface area contributed by atoms with Gasteiger partial charge in [-0.25, -0.2) is 0 Å². The van der Waals surface area contributed by atoms with Crippen molar-refractivity contribution in [2.45, 2.75) is 50.3 Å². The van der Waals surface area contributed by atoms with Crippen LogP contribution in [-0.4, -0.2) is 31.8 Å². The number of hydrogen-bond acceptors (Lipinski definition) is 3. The summed E-state index contributed by atoms with van der Waals surface area (Å²) in [5.41, 5.74) is 6.30. The van der Waals surface area contributed by atoms with Gasteiger partial charge in [-0.05, 0) is 56.4 Å².